The molecule has 0 aliphatic heterocycles. The molecule has 1 unspecified atom stereocenters. The zero-order valence-electron chi connectivity index (χ0n) is 8.61. The zero-order valence-corrected chi connectivity index (χ0v) is 8.61. The number of aldehydes is 1. The van der Waals surface area contributed by atoms with E-state index in [-0.39, 0.29) is 5.92 Å². The van der Waals surface area contributed by atoms with Crippen LogP contribution in [0.25, 0.3) is 0 Å². The van der Waals surface area contributed by atoms with Crippen molar-refractivity contribution < 1.29 is 4.79 Å². The minimum absolute atomic E-state index is 0.0359. The summed E-state index contributed by atoms with van der Waals surface area (Å²) >= 11 is 0. The third kappa shape index (κ3) is 1.97. The van der Waals surface area contributed by atoms with Gasteiger partial charge in [-0.15, -0.1) is 0 Å². The van der Waals surface area contributed by atoms with E-state index in [2.05, 4.69) is 5.10 Å². The van der Waals surface area contributed by atoms with Gasteiger partial charge < -0.3 is 4.79 Å². The van der Waals surface area contributed by atoms with Crippen LogP contribution < -0.4 is 0 Å². The van der Waals surface area contributed by atoms with Gasteiger partial charge in [0.05, 0.1) is 11.6 Å². The normalized spacial score (nSPS) is 13.3. The average Bonchev–Trinajstić information content (AvgIpc) is 2.31. The second-order valence-corrected chi connectivity index (χ2v) is 3.74. The van der Waals surface area contributed by atoms with Gasteiger partial charge in [0.25, 0.3) is 0 Å². The third-order valence-corrected chi connectivity index (χ3v) is 2.24. The van der Waals surface area contributed by atoms with E-state index in [0.717, 1.165) is 17.7 Å². The van der Waals surface area contributed by atoms with Crippen LogP contribution in [0, 0.1) is 12.8 Å². The first-order valence-corrected chi connectivity index (χ1v) is 4.52. The van der Waals surface area contributed by atoms with Gasteiger partial charge in [0, 0.05) is 12.7 Å². The molecule has 1 aromatic heterocycles. The van der Waals surface area contributed by atoms with E-state index < -0.39 is 0 Å². The highest BCUT2D eigenvalue weighted by molar-refractivity contribution is 5.61. The Labute approximate surface area is 78.8 Å². The molecule has 3 nitrogen and oxygen atoms in total. The first-order chi connectivity index (χ1) is 6.06. The molecule has 0 radical (unpaired) electrons. The van der Waals surface area contributed by atoms with Crippen LogP contribution in [0.2, 0.25) is 0 Å². The van der Waals surface area contributed by atoms with Gasteiger partial charge in [0.2, 0.25) is 0 Å². The van der Waals surface area contributed by atoms with Gasteiger partial charge in [-0.25, -0.2) is 0 Å². The molecule has 13 heavy (non-hydrogen) atoms. The Morgan fingerprint density at radius 1 is 1.54 bits per heavy atom. The molecule has 0 aliphatic rings. The van der Waals surface area contributed by atoms with Gasteiger partial charge in [0.1, 0.15) is 6.29 Å². The molecule has 3 heteroatoms. The number of aromatic nitrogens is 2. The number of hydrogen-bond acceptors (Lipinski definition) is 2. The standard InChI is InChI=1S/C10H16N2O/c1-7(2)9(6-13)10-5-8(3)11-12(10)4/h5-7,9H,1-4H3. The Hall–Kier alpha value is -1.12. The molecule has 0 saturated carbocycles. The van der Waals surface area contributed by atoms with Crippen molar-refractivity contribution in [2.24, 2.45) is 13.0 Å². The fourth-order valence-corrected chi connectivity index (χ4v) is 1.51. The van der Waals surface area contributed by atoms with Crippen molar-refractivity contribution >= 4 is 6.29 Å². The molecule has 0 aliphatic carbocycles. The average molecular weight is 180 g/mol. The molecule has 0 N–H and O–H groups in total. The van der Waals surface area contributed by atoms with Crippen LogP contribution in [0.3, 0.4) is 0 Å². The number of hydrogen-bond donors (Lipinski definition) is 0. The summed E-state index contributed by atoms with van der Waals surface area (Å²) in [6.45, 7) is 6.02. The van der Waals surface area contributed by atoms with Gasteiger partial charge in [-0.05, 0) is 18.9 Å². The Morgan fingerprint density at radius 2 is 2.15 bits per heavy atom. The minimum Gasteiger partial charge on any atom is -0.303 e. The lowest BCUT2D eigenvalue weighted by Crippen LogP contribution is -2.12. The highest BCUT2D eigenvalue weighted by Gasteiger charge is 2.18. The van der Waals surface area contributed by atoms with Crippen LogP contribution in [-0.2, 0) is 11.8 Å². The number of aryl methyl sites for hydroxylation is 2. The maximum absolute atomic E-state index is 10.9. The van der Waals surface area contributed by atoms with E-state index in [1.807, 2.05) is 33.9 Å². The molecule has 0 amide bonds. The third-order valence-electron chi connectivity index (χ3n) is 2.24. The topological polar surface area (TPSA) is 34.9 Å². The summed E-state index contributed by atoms with van der Waals surface area (Å²) in [6.07, 6.45) is 1.00. The Balaban J connectivity index is 3.04. The second kappa shape index (κ2) is 3.73. The lowest BCUT2D eigenvalue weighted by molar-refractivity contribution is -0.110. The van der Waals surface area contributed by atoms with Crippen LogP contribution >= 0.6 is 0 Å². The van der Waals surface area contributed by atoms with Crippen molar-refractivity contribution in [2.75, 3.05) is 0 Å². The SMILES string of the molecule is Cc1cc(C(C=O)C(C)C)n(C)n1. The van der Waals surface area contributed by atoms with E-state index >= 15 is 0 Å². The van der Waals surface area contributed by atoms with Crippen LogP contribution in [0.4, 0.5) is 0 Å². The molecule has 0 bridgehead atoms. The van der Waals surface area contributed by atoms with E-state index in [4.69, 9.17) is 0 Å². The first kappa shape index (κ1) is 9.96. The van der Waals surface area contributed by atoms with Gasteiger partial charge in [0.15, 0.2) is 0 Å². The fourth-order valence-electron chi connectivity index (χ4n) is 1.51. The Bertz CT molecular complexity index is 302. The first-order valence-electron chi connectivity index (χ1n) is 4.52. The summed E-state index contributed by atoms with van der Waals surface area (Å²) in [4.78, 5) is 10.9. The number of rotatable bonds is 3. The van der Waals surface area contributed by atoms with E-state index in [1.54, 1.807) is 4.68 Å². The smallest absolute Gasteiger partial charge is 0.129 e. The summed E-state index contributed by atoms with van der Waals surface area (Å²) in [5.74, 6) is 0.290. The molecule has 0 fully saturated rings. The molecule has 72 valence electrons. The molecule has 1 rings (SSSR count). The van der Waals surface area contributed by atoms with E-state index in [1.165, 1.54) is 0 Å². The number of carbonyl (C=O) groups is 1. The van der Waals surface area contributed by atoms with Crippen molar-refractivity contribution in [1.82, 2.24) is 9.78 Å². The van der Waals surface area contributed by atoms with Crippen LogP contribution in [0.15, 0.2) is 6.07 Å². The Morgan fingerprint density at radius 3 is 2.46 bits per heavy atom. The van der Waals surface area contributed by atoms with Crippen LogP contribution in [-0.4, -0.2) is 16.1 Å². The maximum Gasteiger partial charge on any atom is 0.129 e. The fraction of sp³-hybridized carbons (Fsp3) is 0.600. The quantitative estimate of drug-likeness (QED) is 0.663. The van der Waals surface area contributed by atoms with Gasteiger partial charge in [-0.2, -0.15) is 5.10 Å². The van der Waals surface area contributed by atoms with E-state index in [9.17, 15) is 4.79 Å². The number of carbonyl (C=O) groups excluding carboxylic acids is 1. The largest absolute Gasteiger partial charge is 0.303 e. The second-order valence-electron chi connectivity index (χ2n) is 3.74. The van der Waals surface area contributed by atoms with Crippen molar-refractivity contribution in [3.8, 4) is 0 Å². The maximum atomic E-state index is 10.9. The summed E-state index contributed by atoms with van der Waals surface area (Å²) in [7, 11) is 1.88. The van der Waals surface area contributed by atoms with Crippen LogP contribution in [0.1, 0.15) is 31.2 Å². The summed E-state index contributed by atoms with van der Waals surface area (Å²) in [5.41, 5.74) is 1.97. The molecular weight excluding hydrogens is 164 g/mol. The lowest BCUT2D eigenvalue weighted by Gasteiger charge is -2.13. The predicted octanol–water partition coefficient (Wildman–Crippen LogP) is 1.67. The lowest BCUT2D eigenvalue weighted by atomic mass is 9.94. The molecule has 0 spiro atoms. The highest BCUT2D eigenvalue weighted by Crippen LogP contribution is 2.22. The van der Waals surface area contributed by atoms with Crippen molar-refractivity contribution in [3.05, 3.63) is 17.5 Å². The van der Waals surface area contributed by atoms with Crippen LogP contribution in [0.5, 0.6) is 0 Å². The van der Waals surface area contributed by atoms with Gasteiger partial charge in [-0.1, -0.05) is 13.8 Å². The Kier molecular flexibility index (Phi) is 2.86. The van der Waals surface area contributed by atoms with Crippen molar-refractivity contribution in [3.63, 3.8) is 0 Å². The molecule has 0 aromatic carbocycles. The summed E-state index contributed by atoms with van der Waals surface area (Å²) in [5, 5.41) is 4.22. The minimum atomic E-state index is -0.0359. The van der Waals surface area contributed by atoms with Crippen molar-refractivity contribution in [1.29, 1.82) is 0 Å². The number of nitrogens with zero attached hydrogens (tertiary/aromatic N) is 2. The molecular formula is C10H16N2O. The summed E-state index contributed by atoms with van der Waals surface area (Å²) < 4.78 is 1.79. The molecule has 0 saturated heterocycles. The molecule has 1 aromatic rings. The summed E-state index contributed by atoms with van der Waals surface area (Å²) in [6, 6.07) is 1.97. The van der Waals surface area contributed by atoms with Crippen molar-refractivity contribution in [2.45, 2.75) is 26.7 Å². The monoisotopic (exact) mass is 180 g/mol. The molecule has 1 atom stereocenters. The van der Waals surface area contributed by atoms with E-state index in [0.29, 0.717) is 5.92 Å². The predicted molar refractivity (Wildman–Crippen MR) is 51.6 cm³/mol. The highest BCUT2D eigenvalue weighted by atomic mass is 16.1. The molecule has 1 heterocycles. The van der Waals surface area contributed by atoms with Gasteiger partial charge >= 0.3 is 0 Å². The van der Waals surface area contributed by atoms with Gasteiger partial charge in [-0.3, -0.25) is 4.68 Å². The zero-order chi connectivity index (χ0) is 10.0.